The highest BCUT2D eigenvalue weighted by molar-refractivity contribution is 5.94. The van der Waals surface area contributed by atoms with Crippen molar-refractivity contribution < 1.29 is 34.2 Å². The molecule has 0 bridgehead atoms. The quantitative estimate of drug-likeness (QED) is 0.0857. The third-order valence-corrected chi connectivity index (χ3v) is 7.34. The average Bonchev–Trinajstić information content (AvgIpc) is 3.41. The zero-order chi connectivity index (χ0) is 32.9. The van der Waals surface area contributed by atoms with Gasteiger partial charge in [-0.25, -0.2) is 4.79 Å². The van der Waals surface area contributed by atoms with Crippen molar-refractivity contribution in [2.45, 2.75) is 69.1 Å². The largest absolute Gasteiger partial charge is 0.508 e. The Morgan fingerprint density at radius 3 is 2.11 bits per heavy atom. The van der Waals surface area contributed by atoms with Crippen molar-refractivity contribution in [3.63, 3.8) is 0 Å². The lowest BCUT2D eigenvalue weighted by Crippen LogP contribution is -2.58. The predicted molar refractivity (Wildman–Crippen MR) is 167 cm³/mol. The number of fused-ring (bicyclic) bond motifs is 1. The van der Waals surface area contributed by atoms with Gasteiger partial charge in [-0.15, -0.1) is 0 Å². The lowest BCUT2D eigenvalue weighted by Gasteiger charge is -2.25. The van der Waals surface area contributed by atoms with Crippen LogP contribution in [0.15, 0.2) is 54.7 Å². The third-order valence-electron chi connectivity index (χ3n) is 7.34. The molecule has 0 aliphatic carbocycles. The van der Waals surface area contributed by atoms with Crippen LogP contribution in [0.3, 0.4) is 0 Å². The zero-order valence-electron chi connectivity index (χ0n) is 24.8. The molecule has 0 radical (unpaired) electrons. The summed E-state index contributed by atoms with van der Waals surface area (Å²) in [5.74, 6) is -4.19. The molecule has 4 atom stereocenters. The summed E-state index contributed by atoms with van der Waals surface area (Å²) in [7, 11) is 0. The first-order valence-corrected chi connectivity index (χ1v) is 14.7. The van der Waals surface area contributed by atoms with Crippen molar-refractivity contribution in [1.82, 2.24) is 20.9 Å². The summed E-state index contributed by atoms with van der Waals surface area (Å²) in [6, 6.07) is 8.42. The smallest absolute Gasteiger partial charge is 0.326 e. The fourth-order valence-electron chi connectivity index (χ4n) is 4.82. The van der Waals surface area contributed by atoms with Crippen LogP contribution in [0, 0.1) is 0 Å². The summed E-state index contributed by atoms with van der Waals surface area (Å²) in [6.07, 6.45) is 2.76. The highest BCUT2D eigenvalue weighted by Crippen LogP contribution is 2.19. The zero-order valence-corrected chi connectivity index (χ0v) is 24.8. The van der Waals surface area contributed by atoms with Gasteiger partial charge in [0.1, 0.15) is 23.9 Å². The lowest BCUT2D eigenvalue weighted by molar-refractivity contribution is -0.142. The molecule has 0 aliphatic rings. The van der Waals surface area contributed by atoms with E-state index in [2.05, 4.69) is 20.9 Å². The molecule has 3 aromatic rings. The summed E-state index contributed by atoms with van der Waals surface area (Å²) in [5, 5.41) is 28.1. The van der Waals surface area contributed by atoms with Crippen LogP contribution in [0.4, 0.5) is 0 Å². The molecule has 14 heteroatoms. The van der Waals surface area contributed by atoms with Crippen LogP contribution in [-0.2, 0) is 36.8 Å². The normalized spacial score (nSPS) is 13.7. The van der Waals surface area contributed by atoms with Gasteiger partial charge in [0.2, 0.25) is 23.6 Å². The molecule has 2 aromatic carbocycles. The first-order chi connectivity index (χ1) is 21.5. The number of nitrogens with one attached hydrogen (secondary N) is 4. The molecule has 4 amide bonds. The van der Waals surface area contributed by atoms with Crippen LogP contribution in [0.5, 0.6) is 5.75 Å². The second-order valence-corrected chi connectivity index (χ2v) is 10.9. The molecule has 14 nitrogen and oxygen atoms in total. The Morgan fingerprint density at radius 2 is 1.44 bits per heavy atom. The molecule has 242 valence electrons. The van der Waals surface area contributed by atoms with Gasteiger partial charge in [-0.3, -0.25) is 19.2 Å². The molecule has 0 aliphatic heterocycles. The number of primary amides is 1. The van der Waals surface area contributed by atoms with E-state index >= 15 is 0 Å². The number of carbonyl (C=O) groups excluding carboxylic acids is 4. The standard InChI is InChI=1S/C31H41N7O7/c32-14-4-3-6-22(33)28(41)36-24(12-13-27(34)40)29(42)37-25(15-18-8-10-20(39)11-9-18)30(43)38-26(31(44)45)16-19-17-35-23-7-2-1-5-21(19)23/h1-2,5,7-11,17,22,24-26,35,39H,3-4,6,12-16,32-33H2,(H2,34,40)(H,36,41)(H,37,42)(H,38,43)(H,44,45). The predicted octanol–water partition coefficient (Wildman–Crippen LogP) is -0.0805. The van der Waals surface area contributed by atoms with E-state index in [1.807, 2.05) is 24.3 Å². The molecule has 45 heavy (non-hydrogen) atoms. The van der Waals surface area contributed by atoms with E-state index in [4.69, 9.17) is 17.2 Å². The van der Waals surface area contributed by atoms with Crippen LogP contribution in [-0.4, -0.2) is 75.5 Å². The summed E-state index contributed by atoms with van der Waals surface area (Å²) < 4.78 is 0. The number of aromatic amines is 1. The van der Waals surface area contributed by atoms with Crippen LogP contribution in [0.25, 0.3) is 10.9 Å². The second-order valence-electron chi connectivity index (χ2n) is 10.9. The number of nitrogens with two attached hydrogens (primary N) is 3. The van der Waals surface area contributed by atoms with E-state index in [0.717, 1.165) is 10.9 Å². The first-order valence-electron chi connectivity index (χ1n) is 14.7. The Bertz CT molecular complexity index is 1470. The van der Waals surface area contributed by atoms with Gasteiger partial charge >= 0.3 is 5.97 Å². The first kappa shape index (κ1) is 34.5. The maximum Gasteiger partial charge on any atom is 0.326 e. The van der Waals surface area contributed by atoms with Gasteiger partial charge in [-0.2, -0.15) is 0 Å². The van der Waals surface area contributed by atoms with E-state index in [1.165, 1.54) is 12.1 Å². The molecule has 12 N–H and O–H groups in total. The minimum absolute atomic E-state index is 0.00881. The van der Waals surface area contributed by atoms with Crippen LogP contribution < -0.4 is 33.2 Å². The van der Waals surface area contributed by atoms with Crippen molar-refractivity contribution in [3.05, 3.63) is 65.9 Å². The van der Waals surface area contributed by atoms with Crippen molar-refractivity contribution in [2.75, 3.05) is 6.54 Å². The van der Waals surface area contributed by atoms with Crippen molar-refractivity contribution >= 4 is 40.5 Å². The highest BCUT2D eigenvalue weighted by atomic mass is 16.4. The van der Waals surface area contributed by atoms with Gasteiger partial charge in [0.25, 0.3) is 0 Å². The topological polar surface area (TPSA) is 256 Å². The van der Waals surface area contributed by atoms with Gasteiger partial charge in [-0.1, -0.05) is 36.8 Å². The van der Waals surface area contributed by atoms with E-state index in [1.54, 1.807) is 18.3 Å². The number of phenols is 1. The number of H-pyrrole nitrogens is 1. The van der Waals surface area contributed by atoms with Gasteiger partial charge < -0.3 is 48.3 Å². The summed E-state index contributed by atoms with van der Waals surface area (Å²) >= 11 is 0. The van der Waals surface area contributed by atoms with E-state index < -0.39 is 53.8 Å². The number of rotatable bonds is 18. The van der Waals surface area contributed by atoms with E-state index in [-0.39, 0.29) is 31.4 Å². The summed E-state index contributed by atoms with van der Waals surface area (Å²) in [4.78, 5) is 66.7. The van der Waals surface area contributed by atoms with Gasteiger partial charge in [0.15, 0.2) is 0 Å². The molecule has 1 aromatic heterocycles. The van der Waals surface area contributed by atoms with Crippen LogP contribution in [0.2, 0.25) is 0 Å². The van der Waals surface area contributed by atoms with Gasteiger partial charge in [0, 0.05) is 36.4 Å². The molecule has 0 spiro atoms. The number of hydrogen-bond acceptors (Lipinski definition) is 8. The maximum absolute atomic E-state index is 13.6. The number of amides is 4. The monoisotopic (exact) mass is 623 g/mol. The molecule has 0 fully saturated rings. The maximum atomic E-state index is 13.6. The number of aliphatic carboxylic acids is 1. The van der Waals surface area contributed by atoms with Crippen molar-refractivity contribution in [2.24, 2.45) is 17.2 Å². The number of carbonyl (C=O) groups is 5. The van der Waals surface area contributed by atoms with Gasteiger partial charge in [0.05, 0.1) is 6.04 Å². The summed E-state index contributed by atoms with van der Waals surface area (Å²) in [6.45, 7) is 0.437. The Morgan fingerprint density at radius 1 is 0.800 bits per heavy atom. The number of para-hydroxylation sites is 1. The van der Waals surface area contributed by atoms with Crippen LogP contribution >= 0.6 is 0 Å². The number of hydrogen-bond donors (Lipinski definition) is 9. The molecule has 4 unspecified atom stereocenters. The van der Waals surface area contributed by atoms with Gasteiger partial charge in [-0.05, 0) is 55.1 Å². The number of unbranched alkanes of at least 4 members (excludes halogenated alkanes) is 1. The number of carboxylic acid groups (broad SMARTS) is 1. The Balaban J connectivity index is 1.81. The highest BCUT2D eigenvalue weighted by Gasteiger charge is 2.31. The molecule has 3 rings (SSSR count). The number of phenolic OH excluding ortho intramolecular Hbond substituents is 1. The fraction of sp³-hybridized carbons (Fsp3) is 0.387. The SMILES string of the molecule is NCCCCC(N)C(=O)NC(CCC(N)=O)C(=O)NC(Cc1ccc(O)cc1)C(=O)NC(Cc1c[nH]c2ccccc12)C(=O)O. The van der Waals surface area contributed by atoms with E-state index in [0.29, 0.717) is 36.9 Å². The number of aromatic nitrogens is 1. The third kappa shape index (κ3) is 10.6. The summed E-state index contributed by atoms with van der Waals surface area (Å²) in [5.41, 5.74) is 18.8. The van der Waals surface area contributed by atoms with Crippen molar-refractivity contribution in [3.8, 4) is 5.75 Å². The molecular formula is C31H41N7O7. The molecular weight excluding hydrogens is 582 g/mol. The molecule has 1 heterocycles. The second kappa shape index (κ2) is 16.8. The lowest BCUT2D eigenvalue weighted by atomic mass is 10.0. The average molecular weight is 624 g/mol. The Labute approximate surface area is 260 Å². The molecule has 0 saturated heterocycles. The number of carboxylic acids is 1. The van der Waals surface area contributed by atoms with E-state index in [9.17, 15) is 34.2 Å². The van der Waals surface area contributed by atoms with Crippen molar-refractivity contribution in [1.29, 1.82) is 0 Å². The number of benzene rings is 2. The minimum atomic E-state index is -1.34. The van der Waals surface area contributed by atoms with Crippen LogP contribution in [0.1, 0.15) is 43.2 Å². The number of aromatic hydroxyl groups is 1. The minimum Gasteiger partial charge on any atom is -0.508 e. The molecule has 0 saturated carbocycles. The fourth-order valence-corrected chi connectivity index (χ4v) is 4.82. The Hall–Kier alpha value is -4.95. The Kier molecular flexibility index (Phi) is 12.9.